The summed E-state index contributed by atoms with van der Waals surface area (Å²) < 4.78 is 0.691. The first-order valence-corrected chi connectivity index (χ1v) is 10.3. The number of hydrogen-bond acceptors (Lipinski definition) is 5. The smallest absolute Gasteiger partial charge is 0.246 e. The topological polar surface area (TPSA) is 64.7 Å². The Kier molecular flexibility index (Phi) is 6.74. The summed E-state index contributed by atoms with van der Waals surface area (Å²) >= 11 is 12.7. The van der Waals surface area contributed by atoms with Crippen molar-refractivity contribution in [3.63, 3.8) is 0 Å². The minimum Gasteiger partial charge on any atom is -0.359 e. The predicted molar refractivity (Wildman–Crippen MR) is 110 cm³/mol. The van der Waals surface area contributed by atoms with Crippen molar-refractivity contribution < 1.29 is 9.59 Å². The number of thioether (sulfide) groups is 1. The molecule has 1 atom stereocenters. The molecule has 0 aromatic heterocycles. The lowest BCUT2D eigenvalue weighted by molar-refractivity contribution is -0.132. The Morgan fingerprint density at radius 2 is 2.08 bits per heavy atom. The second-order valence-electron chi connectivity index (χ2n) is 6.28. The van der Waals surface area contributed by atoms with E-state index in [0.29, 0.717) is 40.4 Å². The molecule has 2 saturated heterocycles. The molecule has 0 aliphatic carbocycles. The summed E-state index contributed by atoms with van der Waals surface area (Å²) in [5.74, 6) is 0.690. The Bertz CT molecular complexity index is 703. The highest BCUT2D eigenvalue weighted by Crippen LogP contribution is 2.20. The minimum atomic E-state index is -0.220. The number of hydrogen-bond donors (Lipinski definition) is 2. The zero-order valence-electron chi connectivity index (χ0n) is 14.2. The van der Waals surface area contributed by atoms with Gasteiger partial charge in [-0.15, -0.1) is 0 Å². The van der Waals surface area contributed by atoms with Gasteiger partial charge in [-0.1, -0.05) is 47.7 Å². The summed E-state index contributed by atoms with van der Waals surface area (Å²) in [4.78, 5) is 28.8. The zero-order valence-corrected chi connectivity index (χ0v) is 16.6. The number of nitrogens with one attached hydrogen (secondary N) is 2. The molecule has 140 valence electrons. The lowest BCUT2D eigenvalue weighted by Crippen LogP contribution is -2.47. The lowest BCUT2D eigenvalue weighted by atomic mass is 10.2. The van der Waals surface area contributed by atoms with Crippen LogP contribution < -0.4 is 10.6 Å². The van der Waals surface area contributed by atoms with Crippen molar-refractivity contribution in [3.8, 4) is 0 Å². The van der Waals surface area contributed by atoms with Gasteiger partial charge < -0.3 is 15.5 Å². The maximum Gasteiger partial charge on any atom is 0.246 e. The van der Waals surface area contributed by atoms with Crippen LogP contribution in [-0.2, 0) is 9.59 Å². The van der Waals surface area contributed by atoms with Crippen LogP contribution in [0.1, 0.15) is 6.42 Å². The number of carbonyl (C=O) groups excluding carboxylic acids is 2. The molecule has 26 heavy (non-hydrogen) atoms. The van der Waals surface area contributed by atoms with E-state index in [2.05, 4.69) is 15.5 Å². The number of amides is 2. The van der Waals surface area contributed by atoms with Gasteiger partial charge in [-0.25, -0.2) is 0 Å². The van der Waals surface area contributed by atoms with Crippen molar-refractivity contribution in [2.45, 2.75) is 12.5 Å². The third-order valence-electron chi connectivity index (χ3n) is 4.39. The molecular formula is C17H21ClN4O2S2. The fourth-order valence-electron chi connectivity index (χ4n) is 3.04. The van der Waals surface area contributed by atoms with Crippen molar-refractivity contribution in [2.24, 2.45) is 0 Å². The summed E-state index contributed by atoms with van der Waals surface area (Å²) in [6.07, 6.45) is 0.843. The fraction of sp³-hybridized carbons (Fsp3) is 0.471. The average Bonchev–Trinajstić information content (AvgIpc) is 2.92. The second-order valence-corrected chi connectivity index (χ2v) is 8.38. The van der Waals surface area contributed by atoms with Crippen LogP contribution in [0.15, 0.2) is 24.3 Å². The highest BCUT2D eigenvalue weighted by Gasteiger charge is 2.30. The Hall–Kier alpha value is -1.35. The first kappa shape index (κ1) is 19.4. The summed E-state index contributed by atoms with van der Waals surface area (Å²) in [7, 11) is 0. The Morgan fingerprint density at radius 3 is 2.81 bits per heavy atom. The highest BCUT2D eigenvalue weighted by molar-refractivity contribution is 8.23. The van der Waals surface area contributed by atoms with Gasteiger partial charge in [0.25, 0.3) is 0 Å². The minimum absolute atomic E-state index is 0.0970. The SMILES string of the molecule is O=C(CN1CCCN(C(=O)C2CSC(=S)N2)CC1)Nc1ccccc1Cl. The molecule has 0 saturated carbocycles. The number of halogens is 1. The van der Waals surface area contributed by atoms with Gasteiger partial charge in [-0.2, -0.15) is 0 Å². The van der Waals surface area contributed by atoms with E-state index in [-0.39, 0.29) is 24.4 Å². The maximum absolute atomic E-state index is 12.6. The molecule has 2 fully saturated rings. The maximum atomic E-state index is 12.6. The number of carbonyl (C=O) groups is 2. The third kappa shape index (κ3) is 5.09. The van der Waals surface area contributed by atoms with E-state index < -0.39 is 0 Å². The van der Waals surface area contributed by atoms with E-state index in [4.69, 9.17) is 23.8 Å². The molecule has 1 unspecified atom stereocenters. The van der Waals surface area contributed by atoms with Crippen LogP contribution in [0.25, 0.3) is 0 Å². The molecule has 2 aliphatic rings. The largest absolute Gasteiger partial charge is 0.359 e. The number of benzene rings is 1. The molecule has 6 nitrogen and oxygen atoms in total. The standard InChI is InChI=1S/C17H21ClN4O2S2/c18-12-4-1-2-5-13(12)19-15(23)10-21-6-3-7-22(9-8-21)16(24)14-11-26-17(25)20-14/h1-2,4-5,14H,3,6-11H2,(H,19,23)(H,20,25). The molecule has 2 heterocycles. The van der Waals surface area contributed by atoms with Crippen LogP contribution in [0.4, 0.5) is 5.69 Å². The van der Waals surface area contributed by atoms with Crippen molar-refractivity contribution >= 4 is 57.4 Å². The molecule has 2 amide bonds. The van der Waals surface area contributed by atoms with Gasteiger partial charge in [0.2, 0.25) is 11.8 Å². The first-order valence-electron chi connectivity index (χ1n) is 8.52. The van der Waals surface area contributed by atoms with E-state index in [0.717, 1.165) is 13.0 Å². The van der Waals surface area contributed by atoms with Gasteiger partial charge in [0.05, 0.1) is 17.3 Å². The van der Waals surface area contributed by atoms with Crippen LogP contribution in [0.5, 0.6) is 0 Å². The number of para-hydroxylation sites is 1. The summed E-state index contributed by atoms with van der Waals surface area (Å²) in [6.45, 7) is 3.07. The van der Waals surface area contributed by atoms with Gasteiger partial charge in [-0.05, 0) is 18.6 Å². The Labute approximate surface area is 167 Å². The van der Waals surface area contributed by atoms with Crippen molar-refractivity contribution in [2.75, 3.05) is 43.8 Å². The number of rotatable bonds is 4. The molecule has 0 spiro atoms. The quantitative estimate of drug-likeness (QED) is 0.735. The van der Waals surface area contributed by atoms with Gasteiger partial charge in [0, 0.05) is 31.9 Å². The molecule has 0 radical (unpaired) electrons. The Balaban J connectivity index is 1.49. The number of anilines is 1. The van der Waals surface area contributed by atoms with Crippen molar-refractivity contribution in [1.82, 2.24) is 15.1 Å². The zero-order chi connectivity index (χ0) is 18.5. The van der Waals surface area contributed by atoms with Gasteiger partial charge in [0.15, 0.2) is 0 Å². The fourth-order valence-corrected chi connectivity index (χ4v) is 4.34. The van der Waals surface area contributed by atoms with Gasteiger partial charge in [-0.3, -0.25) is 14.5 Å². The molecule has 1 aromatic carbocycles. The van der Waals surface area contributed by atoms with E-state index in [1.807, 2.05) is 17.0 Å². The highest BCUT2D eigenvalue weighted by atomic mass is 35.5. The van der Waals surface area contributed by atoms with Crippen LogP contribution in [0.2, 0.25) is 5.02 Å². The van der Waals surface area contributed by atoms with E-state index in [9.17, 15) is 9.59 Å². The summed E-state index contributed by atoms with van der Waals surface area (Å²) in [5.41, 5.74) is 0.617. The number of nitrogens with zero attached hydrogens (tertiary/aromatic N) is 2. The predicted octanol–water partition coefficient (Wildman–Crippen LogP) is 1.80. The molecular weight excluding hydrogens is 392 g/mol. The molecule has 0 bridgehead atoms. The van der Waals surface area contributed by atoms with Crippen molar-refractivity contribution in [3.05, 3.63) is 29.3 Å². The van der Waals surface area contributed by atoms with E-state index in [1.165, 1.54) is 11.8 Å². The van der Waals surface area contributed by atoms with Crippen LogP contribution in [-0.4, -0.2) is 70.5 Å². The van der Waals surface area contributed by atoms with Gasteiger partial charge >= 0.3 is 0 Å². The molecule has 2 aliphatic heterocycles. The van der Waals surface area contributed by atoms with Crippen LogP contribution in [0, 0.1) is 0 Å². The molecule has 3 rings (SSSR count). The van der Waals surface area contributed by atoms with E-state index >= 15 is 0 Å². The van der Waals surface area contributed by atoms with Crippen LogP contribution >= 0.6 is 35.6 Å². The van der Waals surface area contributed by atoms with E-state index in [1.54, 1.807) is 12.1 Å². The lowest BCUT2D eigenvalue weighted by Gasteiger charge is -2.24. The molecule has 1 aromatic rings. The van der Waals surface area contributed by atoms with Gasteiger partial charge in [0.1, 0.15) is 10.4 Å². The van der Waals surface area contributed by atoms with Crippen LogP contribution in [0.3, 0.4) is 0 Å². The second kappa shape index (κ2) is 9.03. The third-order valence-corrected chi connectivity index (χ3v) is 6.07. The Morgan fingerprint density at radius 1 is 1.27 bits per heavy atom. The molecule has 9 heteroatoms. The average molecular weight is 413 g/mol. The molecule has 2 N–H and O–H groups in total. The van der Waals surface area contributed by atoms with Crippen molar-refractivity contribution in [1.29, 1.82) is 0 Å². The first-order chi connectivity index (χ1) is 12.5. The summed E-state index contributed by atoms with van der Waals surface area (Å²) in [6, 6.07) is 6.96. The summed E-state index contributed by atoms with van der Waals surface area (Å²) in [5, 5.41) is 6.42. The normalized spacial score (nSPS) is 21.2. The monoisotopic (exact) mass is 412 g/mol. The number of thiocarbonyl (C=S) groups is 1.